The molecule has 0 bridgehead atoms. The highest BCUT2D eigenvalue weighted by atomic mass is 127. The lowest BCUT2D eigenvalue weighted by Gasteiger charge is -2.15. The van der Waals surface area contributed by atoms with E-state index < -0.39 is 22.3 Å². The van der Waals surface area contributed by atoms with E-state index in [2.05, 4.69) is 15.9 Å². The molecule has 1 atom stereocenters. The number of hydrogen-bond acceptors (Lipinski definition) is 0. The van der Waals surface area contributed by atoms with Crippen LogP contribution in [-0.2, 0) is 0 Å². The standard InChI is InChI=1S/C13H6BrClF3I/c14-13(8-3-6(15)1-2-11(8)19)12-9(17)4-7(16)5-10(12)18/h1-5,13H. The van der Waals surface area contributed by atoms with Crippen LogP contribution in [0.25, 0.3) is 0 Å². The van der Waals surface area contributed by atoms with Crippen LogP contribution in [0.5, 0.6) is 0 Å². The first kappa shape index (κ1) is 15.1. The van der Waals surface area contributed by atoms with Crippen molar-refractivity contribution in [1.29, 1.82) is 0 Å². The third kappa shape index (κ3) is 3.25. The lowest BCUT2D eigenvalue weighted by molar-refractivity contribution is 0.527. The average molecular weight is 461 g/mol. The van der Waals surface area contributed by atoms with E-state index in [0.717, 1.165) is 3.57 Å². The number of rotatable bonds is 2. The van der Waals surface area contributed by atoms with Crippen LogP contribution in [0, 0.1) is 21.0 Å². The molecule has 0 aromatic heterocycles. The van der Waals surface area contributed by atoms with E-state index in [1.807, 2.05) is 22.6 Å². The molecule has 0 amide bonds. The maximum atomic E-state index is 13.7. The van der Waals surface area contributed by atoms with Gasteiger partial charge < -0.3 is 0 Å². The zero-order valence-electron chi connectivity index (χ0n) is 9.23. The summed E-state index contributed by atoms with van der Waals surface area (Å²) in [5.41, 5.74) is 0.388. The quantitative estimate of drug-likeness (QED) is 0.389. The summed E-state index contributed by atoms with van der Waals surface area (Å²) in [5.74, 6) is -2.82. The second-order valence-electron chi connectivity index (χ2n) is 3.81. The number of hydrogen-bond donors (Lipinski definition) is 0. The maximum absolute atomic E-state index is 13.7. The molecule has 19 heavy (non-hydrogen) atoms. The van der Waals surface area contributed by atoms with Crippen LogP contribution >= 0.6 is 50.1 Å². The van der Waals surface area contributed by atoms with E-state index in [-0.39, 0.29) is 5.56 Å². The predicted molar refractivity (Wildman–Crippen MR) is 81.3 cm³/mol. The third-order valence-corrected chi connectivity index (χ3v) is 4.70. The van der Waals surface area contributed by atoms with Crippen LogP contribution in [0.15, 0.2) is 30.3 Å². The van der Waals surface area contributed by atoms with Gasteiger partial charge in [0.2, 0.25) is 0 Å². The molecule has 2 aromatic carbocycles. The second kappa shape index (κ2) is 6.01. The van der Waals surface area contributed by atoms with E-state index in [9.17, 15) is 13.2 Å². The molecule has 0 aliphatic rings. The molecule has 0 radical (unpaired) electrons. The van der Waals surface area contributed by atoms with Crippen molar-refractivity contribution in [2.45, 2.75) is 4.83 Å². The van der Waals surface area contributed by atoms with E-state index in [1.165, 1.54) is 0 Å². The van der Waals surface area contributed by atoms with Gasteiger partial charge in [-0.05, 0) is 46.4 Å². The van der Waals surface area contributed by atoms with E-state index in [1.54, 1.807) is 18.2 Å². The van der Waals surface area contributed by atoms with Gasteiger partial charge in [0, 0.05) is 26.3 Å². The summed E-state index contributed by atoms with van der Waals surface area (Å²) in [4.78, 5) is -0.737. The van der Waals surface area contributed by atoms with Crippen molar-refractivity contribution in [2.75, 3.05) is 0 Å². The molecule has 0 saturated heterocycles. The monoisotopic (exact) mass is 460 g/mol. The van der Waals surface area contributed by atoms with E-state index in [4.69, 9.17) is 11.6 Å². The highest BCUT2D eigenvalue weighted by Gasteiger charge is 2.22. The summed E-state index contributed by atoms with van der Waals surface area (Å²) in [6.45, 7) is 0. The largest absolute Gasteiger partial charge is 0.207 e. The van der Waals surface area contributed by atoms with Crippen LogP contribution in [-0.4, -0.2) is 0 Å². The van der Waals surface area contributed by atoms with Gasteiger partial charge in [-0.3, -0.25) is 0 Å². The van der Waals surface area contributed by atoms with Crippen molar-refractivity contribution in [3.63, 3.8) is 0 Å². The normalized spacial score (nSPS) is 12.5. The SMILES string of the molecule is Fc1cc(F)c(C(Br)c2cc(Cl)ccc2I)c(F)c1. The van der Waals surface area contributed by atoms with E-state index in [0.29, 0.717) is 22.7 Å². The Hall–Kier alpha value is -0.270. The van der Waals surface area contributed by atoms with Crippen molar-refractivity contribution < 1.29 is 13.2 Å². The maximum Gasteiger partial charge on any atom is 0.133 e. The van der Waals surface area contributed by atoms with Crippen molar-refractivity contribution in [1.82, 2.24) is 0 Å². The molecule has 0 aliphatic heterocycles. The molecule has 2 aromatic rings. The molecule has 0 aliphatic carbocycles. The second-order valence-corrected chi connectivity index (χ2v) is 6.33. The Kier molecular flexibility index (Phi) is 4.79. The van der Waals surface area contributed by atoms with Crippen LogP contribution in [0.4, 0.5) is 13.2 Å². The van der Waals surface area contributed by atoms with Crippen molar-refractivity contribution in [3.8, 4) is 0 Å². The average Bonchev–Trinajstić information content (AvgIpc) is 2.30. The van der Waals surface area contributed by atoms with Gasteiger partial charge in [0.05, 0.1) is 4.83 Å². The summed E-state index contributed by atoms with van der Waals surface area (Å²) >= 11 is 11.2. The van der Waals surface area contributed by atoms with Crippen molar-refractivity contribution in [3.05, 3.63) is 67.5 Å². The van der Waals surface area contributed by atoms with Gasteiger partial charge in [-0.25, -0.2) is 13.2 Å². The molecule has 0 spiro atoms. The van der Waals surface area contributed by atoms with Crippen molar-refractivity contribution >= 4 is 50.1 Å². The zero-order valence-corrected chi connectivity index (χ0v) is 13.7. The zero-order chi connectivity index (χ0) is 14.2. The van der Waals surface area contributed by atoms with Gasteiger partial charge in [-0.15, -0.1) is 0 Å². The minimum Gasteiger partial charge on any atom is -0.207 e. The molecule has 0 nitrogen and oxygen atoms in total. The molecule has 2 rings (SSSR count). The van der Waals surface area contributed by atoms with Gasteiger partial charge in [0.1, 0.15) is 17.5 Å². The topological polar surface area (TPSA) is 0 Å². The first-order chi connectivity index (χ1) is 8.90. The predicted octanol–water partition coefficient (Wildman–Crippen LogP) is 5.85. The minimum absolute atomic E-state index is 0.235. The minimum atomic E-state index is -0.945. The molecule has 100 valence electrons. The summed E-state index contributed by atoms with van der Waals surface area (Å²) in [6, 6.07) is 6.36. The Labute approximate surface area is 135 Å². The molecule has 0 heterocycles. The Morgan fingerprint density at radius 1 is 1.05 bits per heavy atom. The fourth-order valence-corrected chi connectivity index (χ4v) is 3.73. The Morgan fingerprint density at radius 3 is 2.21 bits per heavy atom. The highest BCUT2D eigenvalue weighted by molar-refractivity contribution is 14.1. The van der Waals surface area contributed by atoms with Crippen molar-refractivity contribution in [2.24, 2.45) is 0 Å². The molecular weight excluding hydrogens is 455 g/mol. The number of alkyl halides is 1. The summed E-state index contributed by atoms with van der Waals surface area (Å²) in [6.07, 6.45) is 0. The fourth-order valence-electron chi connectivity index (χ4n) is 1.66. The van der Waals surface area contributed by atoms with Crippen LogP contribution in [0.1, 0.15) is 16.0 Å². The van der Waals surface area contributed by atoms with Gasteiger partial charge in [0.15, 0.2) is 0 Å². The van der Waals surface area contributed by atoms with E-state index >= 15 is 0 Å². The van der Waals surface area contributed by atoms with Gasteiger partial charge in [-0.1, -0.05) is 27.5 Å². The molecule has 0 N–H and O–H groups in total. The molecule has 6 heteroatoms. The first-order valence-corrected chi connectivity index (χ1v) is 7.51. The third-order valence-electron chi connectivity index (χ3n) is 2.53. The smallest absolute Gasteiger partial charge is 0.133 e. The molecule has 0 fully saturated rings. The fraction of sp³-hybridized carbons (Fsp3) is 0.0769. The lowest BCUT2D eigenvalue weighted by Crippen LogP contribution is -2.03. The van der Waals surface area contributed by atoms with Crippen LogP contribution in [0.3, 0.4) is 0 Å². The summed E-state index contributed by atoms with van der Waals surface area (Å²) in [7, 11) is 0. The first-order valence-electron chi connectivity index (χ1n) is 5.13. The van der Waals surface area contributed by atoms with Gasteiger partial charge in [0.25, 0.3) is 0 Å². The van der Waals surface area contributed by atoms with Gasteiger partial charge in [-0.2, -0.15) is 0 Å². The summed E-state index contributed by atoms with van der Waals surface area (Å²) in [5, 5.41) is 0.461. The Bertz CT molecular complexity index is 610. The Morgan fingerprint density at radius 2 is 1.63 bits per heavy atom. The molecule has 1 unspecified atom stereocenters. The van der Waals surface area contributed by atoms with Crippen LogP contribution in [0.2, 0.25) is 5.02 Å². The number of benzene rings is 2. The summed E-state index contributed by atoms with van der Waals surface area (Å²) < 4.78 is 41.2. The molecular formula is C13H6BrClF3I. The van der Waals surface area contributed by atoms with Gasteiger partial charge >= 0.3 is 0 Å². The lowest BCUT2D eigenvalue weighted by atomic mass is 10.0. The number of halogens is 6. The highest BCUT2D eigenvalue weighted by Crippen LogP contribution is 2.37. The molecule has 0 saturated carbocycles. The van der Waals surface area contributed by atoms with Crippen LogP contribution < -0.4 is 0 Å². The Balaban J connectivity index is 2.56.